The van der Waals surface area contributed by atoms with Gasteiger partial charge in [-0.1, -0.05) is 0 Å². The number of rotatable bonds is 10. The van der Waals surface area contributed by atoms with E-state index in [0.717, 1.165) is 38.5 Å². The van der Waals surface area contributed by atoms with Gasteiger partial charge in [0.15, 0.2) is 12.6 Å². The summed E-state index contributed by atoms with van der Waals surface area (Å²) in [5.41, 5.74) is -0.610. The summed E-state index contributed by atoms with van der Waals surface area (Å²) in [4.78, 5) is 25.9. The molecule has 10 heteroatoms. The van der Waals surface area contributed by atoms with Crippen LogP contribution in [0.4, 0.5) is 0 Å². The first kappa shape index (κ1) is 23.1. The van der Waals surface area contributed by atoms with E-state index >= 15 is 0 Å². The van der Waals surface area contributed by atoms with E-state index in [1.54, 1.807) is 6.92 Å². The first-order valence-corrected chi connectivity index (χ1v) is 10.6. The molecule has 0 aromatic carbocycles. The van der Waals surface area contributed by atoms with Gasteiger partial charge in [0.05, 0.1) is 13.2 Å². The van der Waals surface area contributed by atoms with Crippen molar-refractivity contribution in [1.29, 1.82) is 0 Å². The molecule has 0 bridgehead atoms. The third-order valence-electron chi connectivity index (χ3n) is 5.26. The Kier molecular flexibility index (Phi) is 9.04. The molecule has 2 fully saturated rings. The van der Waals surface area contributed by atoms with E-state index in [0.29, 0.717) is 18.8 Å². The van der Waals surface area contributed by atoms with E-state index in [1.807, 2.05) is 0 Å². The number of hydrogen-bond acceptors (Lipinski definition) is 8. The summed E-state index contributed by atoms with van der Waals surface area (Å²) in [6.07, 6.45) is 4.89. The van der Waals surface area contributed by atoms with Gasteiger partial charge in [-0.2, -0.15) is 0 Å². The SMILES string of the molecule is Cc1cn(CO[C@H](COC2CCCCO2)C(CO)OC2CCCCO2)c(=O)[nH]c1=O. The van der Waals surface area contributed by atoms with Crippen molar-refractivity contribution in [3.05, 3.63) is 32.6 Å². The van der Waals surface area contributed by atoms with Gasteiger partial charge in [0.1, 0.15) is 18.9 Å². The molecule has 0 saturated carbocycles. The minimum Gasteiger partial charge on any atom is -0.394 e. The van der Waals surface area contributed by atoms with Gasteiger partial charge in [-0.25, -0.2) is 4.79 Å². The van der Waals surface area contributed by atoms with Gasteiger partial charge in [-0.05, 0) is 45.4 Å². The Bertz CT molecular complexity index is 752. The summed E-state index contributed by atoms with van der Waals surface area (Å²) in [6.45, 7) is 2.58. The largest absolute Gasteiger partial charge is 0.394 e. The number of ether oxygens (including phenoxy) is 5. The standard InChI is InChI=1S/C20H32N2O8/c1-14-10-22(20(25)21-19(14)24)13-29-16(12-28-17-6-2-4-8-26-17)15(11-23)30-18-7-3-5-9-27-18/h10,15-18,23H,2-9,11-13H2,1H3,(H,21,24,25)/t15?,16-,17?,18?/m1/s1. The van der Waals surface area contributed by atoms with Gasteiger partial charge in [0, 0.05) is 25.0 Å². The highest BCUT2D eigenvalue weighted by Crippen LogP contribution is 2.20. The Hall–Kier alpha value is -1.56. The van der Waals surface area contributed by atoms with Gasteiger partial charge in [-0.15, -0.1) is 0 Å². The number of aliphatic hydroxyl groups excluding tert-OH is 1. The summed E-state index contributed by atoms with van der Waals surface area (Å²) >= 11 is 0. The second-order valence-electron chi connectivity index (χ2n) is 7.66. The number of aromatic amines is 1. The summed E-state index contributed by atoms with van der Waals surface area (Å²) in [5, 5.41) is 9.93. The average molecular weight is 428 g/mol. The Balaban J connectivity index is 1.65. The monoisotopic (exact) mass is 428 g/mol. The fraction of sp³-hybridized carbons (Fsp3) is 0.800. The predicted molar refractivity (Wildman–Crippen MR) is 106 cm³/mol. The molecular weight excluding hydrogens is 396 g/mol. The lowest BCUT2D eigenvalue weighted by molar-refractivity contribution is -0.242. The third-order valence-corrected chi connectivity index (χ3v) is 5.26. The summed E-state index contributed by atoms with van der Waals surface area (Å²) in [7, 11) is 0. The molecule has 3 rings (SSSR count). The minimum absolute atomic E-state index is 0.124. The number of hydrogen-bond donors (Lipinski definition) is 2. The van der Waals surface area contributed by atoms with Gasteiger partial charge in [0.25, 0.3) is 5.56 Å². The molecule has 2 aliphatic rings. The Morgan fingerprint density at radius 2 is 1.83 bits per heavy atom. The number of aryl methyl sites for hydroxylation is 1. The van der Waals surface area contributed by atoms with Crippen LogP contribution in [-0.2, 0) is 30.4 Å². The van der Waals surface area contributed by atoms with Crippen LogP contribution < -0.4 is 11.2 Å². The highest BCUT2D eigenvalue weighted by Gasteiger charge is 2.29. The van der Waals surface area contributed by atoms with Crippen molar-refractivity contribution in [1.82, 2.24) is 9.55 Å². The molecule has 3 unspecified atom stereocenters. The van der Waals surface area contributed by atoms with Gasteiger partial charge < -0.3 is 28.8 Å². The molecule has 2 N–H and O–H groups in total. The van der Waals surface area contributed by atoms with E-state index in [4.69, 9.17) is 23.7 Å². The first-order valence-electron chi connectivity index (χ1n) is 10.6. The molecule has 10 nitrogen and oxygen atoms in total. The molecule has 0 spiro atoms. The third kappa shape index (κ3) is 6.73. The minimum atomic E-state index is -0.698. The molecule has 0 aliphatic carbocycles. The van der Waals surface area contributed by atoms with Crippen molar-refractivity contribution in [2.45, 2.75) is 77.0 Å². The lowest BCUT2D eigenvalue weighted by Gasteiger charge is -2.32. The lowest BCUT2D eigenvalue weighted by Crippen LogP contribution is -2.44. The molecule has 0 amide bonds. The highest BCUT2D eigenvalue weighted by molar-refractivity contribution is 5.00. The van der Waals surface area contributed by atoms with Crippen LogP contribution in [0.3, 0.4) is 0 Å². The van der Waals surface area contributed by atoms with Crippen LogP contribution >= 0.6 is 0 Å². The lowest BCUT2D eigenvalue weighted by atomic mass is 10.2. The summed E-state index contributed by atoms with van der Waals surface area (Å²) in [5.74, 6) is 0. The molecule has 0 radical (unpaired) electrons. The van der Waals surface area contributed by atoms with Crippen molar-refractivity contribution in [3.63, 3.8) is 0 Å². The average Bonchev–Trinajstić information content (AvgIpc) is 2.77. The summed E-state index contributed by atoms with van der Waals surface area (Å²) in [6, 6.07) is 0. The van der Waals surface area contributed by atoms with Crippen molar-refractivity contribution < 1.29 is 28.8 Å². The Labute approximate surface area is 175 Å². The van der Waals surface area contributed by atoms with Gasteiger partial charge in [0.2, 0.25) is 0 Å². The zero-order valence-electron chi connectivity index (χ0n) is 17.4. The summed E-state index contributed by atoms with van der Waals surface area (Å²) < 4.78 is 30.2. The molecule has 2 saturated heterocycles. The van der Waals surface area contributed by atoms with Crippen LogP contribution in [0.1, 0.15) is 44.1 Å². The maximum Gasteiger partial charge on any atom is 0.330 e. The fourth-order valence-electron chi connectivity index (χ4n) is 3.46. The second kappa shape index (κ2) is 11.7. The van der Waals surface area contributed by atoms with Crippen LogP contribution in [0.5, 0.6) is 0 Å². The number of H-pyrrole nitrogens is 1. The Morgan fingerprint density at radius 3 is 2.47 bits per heavy atom. The number of aromatic nitrogens is 2. The normalized spacial score (nSPS) is 24.5. The number of nitrogens with zero attached hydrogens (tertiary/aromatic N) is 1. The molecule has 1 aromatic heterocycles. The highest BCUT2D eigenvalue weighted by atomic mass is 16.7. The van der Waals surface area contributed by atoms with Crippen molar-refractivity contribution in [3.8, 4) is 0 Å². The molecule has 4 atom stereocenters. The van der Waals surface area contributed by atoms with Crippen LogP contribution in [0.15, 0.2) is 15.8 Å². The first-order chi connectivity index (χ1) is 14.6. The zero-order valence-corrected chi connectivity index (χ0v) is 17.4. The van der Waals surface area contributed by atoms with Crippen LogP contribution in [0, 0.1) is 6.92 Å². The second-order valence-corrected chi connectivity index (χ2v) is 7.66. The maximum absolute atomic E-state index is 12.0. The van der Waals surface area contributed by atoms with E-state index in [1.165, 1.54) is 10.8 Å². The van der Waals surface area contributed by atoms with Crippen LogP contribution in [-0.4, -0.2) is 65.9 Å². The molecule has 2 aliphatic heterocycles. The topological polar surface area (TPSA) is 121 Å². The van der Waals surface area contributed by atoms with Crippen LogP contribution in [0.25, 0.3) is 0 Å². The molecule has 1 aromatic rings. The predicted octanol–water partition coefficient (Wildman–Crippen LogP) is 0.635. The fourth-order valence-corrected chi connectivity index (χ4v) is 3.46. The zero-order chi connectivity index (χ0) is 21.3. The number of nitrogens with one attached hydrogen (secondary N) is 1. The van der Waals surface area contributed by atoms with E-state index in [9.17, 15) is 14.7 Å². The molecule has 3 heterocycles. The molecular formula is C20H32N2O8. The molecule has 30 heavy (non-hydrogen) atoms. The smallest absolute Gasteiger partial charge is 0.330 e. The maximum atomic E-state index is 12.0. The van der Waals surface area contributed by atoms with Gasteiger partial charge in [-0.3, -0.25) is 14.3 Å². The van der Waals surface area contributed by atoms with Crippen molar-refractivity contribution >= 4 is 0 Å². The van der Waals surface area contributed by atoms with Gasteiger partial charge >= 0.3 is 5.69 Å². The van der Waals surface area contributed by atoms with Crippen LogP contribution in [0.2, 0.25) is 0 Å². The van der Waals surface area contributed by atoms with Crippen molar-refractivity contribution in [2.75, 3.05) is 26.4 Å². The van der Waals surface area contributed by atoms with Crippen molar-refractivity contribution in [2.24, 2.45) is 0 Å². The molecule has 170 valence electrons. The number of aliphatic hydroxyl groups is 1. The Morgan fingerprint density at radius 1 is 1.13 bits per heavy atom. The van der Waals surface area contributed by atoms with E-state index in [-0.39, 0.29) is 26.2 Å². The van der Waals surface area contributed by atoms with E-state index in [2.05, 4.69) is 4.98 Å². The van der Waals surface area contributed by atoms with E-state index < -0.39 is 29.7 Å². The quantitative estimate of drug-likeness (QED) is 0.557.